The quantitative estimate of drug-likeness (QED) is 0.152. The molecule has 15 aromatic rings. The summed E-state index contributed by atoms with van der Waals surface area (Å²) in [6.07, 6.45) is 7.55. The van der Waals surface area contributed by atoms with Gasteiger partial charge in [0.25, 0.3) is 0 Å². The van der Waals surface area contributed by atoms with Crippen molar-refractivity contribution in [2.24, 2.45) is 0 Å². The average molecular weight is 1080 g/mol. The van der Waals surface area contributed by atoms with Gasteiger partial charge in [0.15, 0.2) is 0 Å². The highest BCUT2D eigenvalue weighted by Crippen LogP contribution is 2.52. The molecular formula is C74H53BN2O6. The molecule has 398 valence electrons. The Balaban J connectivity index is 0.986. The Hall–Kier alpha value is -10.1. The first-order valence-corrected chi connectivity index (χ1v) is 28.4. The van der Waals surface area contributed by atoms with Gasteiger partial charge in [0.1, 0.15) is 44.8 Å². The van der Waals surface area contributed by atoms with E-state index in [9.17, 15) is 0 Å². The highest BCUT2D eigenvalue weighted by molar-refractivity contribution is 6.99. The number of nitrogens with zero attached hydrogens (tertiary/aromatic N) is 2. The molecule has 0 amide bonds. The summed E-state index contributed by atoms with van der Waals surface area (Å²) in [6.45, 7) is 13.2. The maximum absolute atomic E-state index is 7.50. The van der Waals surface area contributed by atoms with Crippen LogP contribution in [0.2, 0.25) is 0 Å². The second kappa shape index (κ2) is 17.2. The molecule has 0 N–H and O–H groups in total. The summed E-state index contributed by atoms with van der Waals surface area (Å²) in [5.41, 5.74) is 23.5. The minimum Gasteiger partial charge on any atom is -0.468 e. The van der Waals surface area contributed by atoms with E-state index < -0.39 is 6.71 Å². The van der Waals surface area contributed by atoms with Crippen LogP contribution >= 0.6 is 0 Å². The molecule has 9 aromatic carbocycles. The van der Waals surface area contributed by atoms with Crippen LogP contribution in [-0.4, -0.2) is 6.71 Å². The first-order chi connectivity index (χ1) is 40.4. The maximum Gasteiger partial charge on any atom is 0.342 e. The highest BCUT2D eigenvalue weighted by Gasteiger charge is 2.50. The predicted molar refractivity (Wildman–Crippen MR) is 338 cm³/mol. The summed E-state index contributed by atoms with van der Waals surface area (Å²) in [7, 11) is 0. The summed E-state index contributed by atoms with van der Waals surface area (Å²) in [5, 5.41) is 6.16. The Bertz CT molecular complexity index is 4680. The van der Waals surface area contributed by atoms with Gasteiger partial charge in [-0.3, -0.25) is 0 Å². The summed E-state index contributed by atoms with van der Waals surface area (Å²) < 4.78 is 40.3. The van der Waals surface area contributed by atoms with Crippen molar-refractivity contribution in [3.8, 4) is 44.5 Å². The molecule has 0 unspecified atom stereocenters. The first-order valence-electron chi connectivity index (χ1n) is 28.4. The van der Waals surface area contributed by atoms with Crippen molar-refractivity contribution in [1.29, 1.82) is 0 Å². The van der Waals surface area contributed by atoms with Gasteiger partial charge in [0.05, 0.1) is 36.4 Å². The van der Waals surface area contributed by atoms with Crippen LogP contribution < -0.4 is 26.6 Å². The number of para-hydroxylation sites is 4. The zero-order valence-electron chi connectivity index (χ0n) is 46.6. The summed E-state index contributed by atoms with van der Waals surface area (Å²) in [6, 6.07) is 67.0. The molecule has 2 aliphatic rings. The predicted octanol–water partition coefficient (Wildman–Crippen LogP) is 19.5. The van der Waals surface area contributed by atoms with E-state index in [1.165, 1.54) is 11.1 Å². The smallest absolute Gasteiger partial charge is 0.342 e. The number of hydrogen-bond donors (Lipinski definition) is 0. The van der Waals surface area contributed by atoms with Crippen LogP contribution in [0.5, 0.6) is 0 Å². The third kappa shape index (κ3) is 7.13. The van der Waals surface area contributed by atoms with Crippen LogP contribution in [0.3, 0.4) is 0 Å². The molecule has 17 rings (SSSR count). The second-order valence-corrected chi connectivity index (χ2v) is 24.5. The van der Waals surface area contributed by atoms with Gasteiger partial charge in [-0.05, 0) is 147 Å². The molecule has 0 saturated heterocycles. The summed E-state index contributed by atoms with van der Waals surface area (Å²) >= 11 is 0. The molecule has 2 aliphatic heterocycles. The van der Waals surface area contributed by atoms with E-state index >= 15 is 0 Å². The van der Waals surface area contributed by atoms with Crippen molar-refractivity contribution in [1.82, 2.24) is 0 Å². The van der Waals surface area contributed by atoms with Gasteiger partial charge < -0.3 is 36.3 Å². The molecule has 0 atom stereocenters. The molecule has 0 spiro atoms. The lowest BCUT2D eigenvalue weighted by atomic mass is 9.37. The minimum absolute atomic E-state index is 0.151. The van der Waals surface area contributed by atoms with Crippen molar-refractivity contribution in [2.75, 3.05) is 9.80 Å². The van der Waals surface area contributed by atoms with Gasteiger partial charge in [0.2, 0.25) is 0 Å². The third-order valence-electron chi connectivity index (χ3n) is 17.4. The van der Waals surface area contributed by atoms with Gasteiger partial charge in [-0.15, -0.1) is 0 Å². The maximum atomic E-state index is 7.50. The molecule has 0 aliphatic carbocycles. The van der Waals surface area contributed by atoms with E-state index in [0.717, 1.165) is 161 Å². The van der Waals surface area contributed by atoms with Crippen LogP contribution in [0.4, 0.5) is 34.1 Å². The number of anilines is 6. The Morgan fingerprint density at radius 3 is 1.00 bits per heavy atom. The average Bonchev–Trinajstić information content (AvgIpc) is 1.84. The fourth-order valence-electron chi connectivity index (χ4n) is 13.3. The molecule has 0 radical (unpaired) electrons. The van der Waals surface area contributed by atoms with Gasteiger partial charge >= 0.3 is 6.71 Å². The standard InChI is InChI=1S/C74H53BN2O6/c1-73(2,3)46-26-28-66-54(36-46)69-71(82-66)75-68-60(76(69)48-32-42(56-38-78-62-22-11-7-16-50(56)62)30-43(33-48)57-39-79-63-23-12-8-17-51(57)63)20-15-21-61(68)77(70-55-37-47(74(4,5)6)27-29-67(55)83-72(70)75)49-34-44(58-40-80-64-24-13-9-18-52(58)64)31-45(35-49)59-41-81-65-25-14-10-19-53(59)65/h7-41H,1-6H3. The molecule has 6 aromatic heterocycles. The van der Waals surface area contributed by atoms with Gasteiger partial charge in [-0.1, -0.05) is 133 Å². The van der Waals surface area contributed by atoms with Crippen LogP contribution in [0.25, 0.3) is 110 Å². The molecule has 8 heterocycles. The van der Waals surface area contributed by atoms with Crippen molar-refractivity contribution >= 4 is 123 Å². The topological polar surface area (TPSA) is 85.3 Å². The van der Waals surface area contributed by atoms with E-state index in [0.29, 0.717) is 0 Å². The largest absolute Gasteiger partial charge is 0.468 e. The third-order valence-corrected chi connectivity index (χ3v) is 17.4. The molecule has 0 fully saturated rings. The van der Waals surface area contributed by atoms with Crippen LogP contribution in [0, 0.1) is 0 Å². The molecule has 83 heavy (non-hydrogen) atoms. The lowest BCUT2D eigenvalue weighted by molar-refractivity contribution is 0.590. The van der Waals surface area contributed by atoms with Gasteiger partial charge in [-0.2, -0.15) is 0 Å². The van der Waals surface area contributed by atoms with Crippen LogP contribution in [0.1, 0.15) is 52.7 Å². The highest BCUT2D eigenvalue weighted by atomic mass is 16.4. The Kier molecular flexibility index (Phi) is 9.88. The molecule has 8 nitrogen and oxygen atoms in total. The van der Waals surface area contributed by atoms with E-state index in [2.05, 4.69) is 191 Å². The number of furan rings is 6. The van der Waals surface area contributed by atoms with Crippen molar-refractivity contribution < 1.29 is 26.5 Å². The van der Waals surface area contributed by atoms with Crippen LogP contribution in [0.15, 0.2) is 240 Å². The monoisotopic (exact) mass is 1080 g/mol. The second-order valence-electron chi connectivity index (χ2n) is 24.5. The lowest BCUT2D eigenvalue weighted by Crippen LogP contribution is -2.60. The van der Waals surface area contributed by atoms with E-state index in [-0.39, 0.29) is 10.8 Å². The van der Waals surface area contributed by atoms with Crippen molar-refractivity contribution in [2.45, 2.75) is 52.4 Å². The van der Waals surface area contributed by atoms with Crippen LogP contribution in [-0.2, 0) is 10.8 Å². The van der Waals surface area contributed by atoms with E-state index in [4.69, 9.17) is 26.5 Å². The number of fused-ring (bicyclic) bond motifs is 12. The Labute approximate surface area is 478 Å². The SMILES string of the molecule is CC(C)(C)c1ccc2oc3c(c2c1)N(c1cc(-c2coc4ccccc24)cc(-c2coc4ccccc24)c1)c1cccc2c1B3c1oc3ccc(C(C)(C)C)cc3c1N2c1cc(-c2coc3ccccc23)cc(-c2coc3ccccc23)c1. The normalized spacial score (nSPS) is 13.3. The first kappa shape index (κ1) is 47.7. The lowest BCUT2D eigenvalue weighted by Gasteiger charge is -2.41. The van der Waals surface area contributed by atoms with Crippen molar-refractivity contribution in [3.63, 3.8) is 0 Å². The zero-order valence-corrected chi connectivity index (χ0v) is 46.6. The number of benzene rings is 9. The minimum atomic E-state index is -0.453. The fourth-order valence-corrected chi connectivity index (χ4v) is 13.3. The molecule has 9 heteroatoms. The van der Waals surface area contributed by atoms with Gasteiger partial charge in [0, 0.05) is 77.3 Å². The van der Waals surface area contributed by atoms with E-state index in [1.807, 2.05) is 73.6 Å². The Morgan fingerprint density at radius 1 is 0.325 bits per heavy atom. The number of hydrogen-bond acceptors (Lipinski definition) is 8. The van der Waals surface area contributed by atoms with Gasteiger partial charge in [-0.25, -0.2) is 0 Å². The Morgan fingerprint density at radius 2 is 0.663 bits per heavy atom. The zero-order chi connectivity index (χ0) is 55.6. The summed E-state index contributed by atoms with van der Waals surface area (Å²) in [4.78, 5) is 4.89. The van der Waals surface area contributed by atoms with E-state index in [1.54, 1.807) is 0 Å². The number of rotatable bonds is 6. The molecule has 0 bridgehead atoms. The summed E-state index contributed by atoms with van der Waals surface area (Å²) in [5.74, 6) is 0. The fraction of sp³-hybridized carbons (Fsp3) is 0.108. The molecular weight excluding hydrogens is 1020 g/mol. The molecule has 0 saturated carbocycles. The van der Waals surface area contributed by atoms with Crippen molar-refractivity contribution in [3.05, 3.63) is 224 Å².